The van der Waals surface area contributed by atoms with E-state index in [0.717, 1.165) is 51.4 Å². The van der Waals surface area contributed by atoms with Gasteiger partial charge in [-0.05, 0) is 70.6 Å². The van der Waals surface area contributed by atoms with E-state index in [4.69, 9.17) is 9.47 Å². The van der Waals surface area contributed by atoms with Crippen molar-refractivity contribution in [3.8, 4) is 0 Å². The van der Waals surface area contributed by atoms with E-state index >= 15 is 0 Å². The van der Waals surface area contributed by atoms with E-state index in [2.05, 4.69) is 86.8 Å². The van der Waals surface area contributed by atoms with Crippen LogP contribution in [0.25, 0.3) is 0 Å². The predicted octanol–water partition coefficient (Wildman–Crippen LogP) is 15.0. The molecule has 1 unspecified atom stereocenters. The van der Waals surface area contributed by atoms with Gasteiger partial charge in [-0.25, -0.2) is 0 Å². The molecular weight excluding hydrogens is 653 g/mol. The predicted molar refractivity (Wildman–Crippen MR) is 232 cm³/mol. The molecule has 0 saturated carbocycles. The number of carbonyl (C=O) groups excluding carboxylic acids is 1. The van der Waals surface area contributed by atoms with Crippen LogP contribution in [-0.4, -0.2) is 37.0 Å². The van der Waals surface area contributed by atoms with Gasteiger partial charge >= 0.3 is 5.97 Å². The van der Waals surface area contributed by atoms with Crippen LogP contribution in [0, 0.1) is 0 Å². The molecule has 0 aromatic heterocycles. The minimum Gasteiger partial charge on any atom is -0.457 e. The van der Waals surface area contributed by atoms with Crippen molar-refractivity contribution < 1.29 is 19.4 Å². The summed E-state index contributed by atoms with van der Waals surface area (Å²) in [5, 5.41) is 9.59. The molecule has 0 heterocycles. The first kappa shape index (κ1) is 50.8. The molecular formula is C49H86O4. The van der Waals surface area contributed by atoms with Crippen molar-refractivity contribution in [2.75, 3.05) is 19.8 Å². The summed E-state index contributed by atoms with van der Waals surface area (Å²) in [5.74, 6) is -0.226. The van der Waals surface area contributed by atoms with Crippen molar-refractivity contribution >= 4 is 5.97 Å². The molecule has 0 bridgehead atoms. The Balaban J connectivity index is 3.48. The lowest BCUT2D eigenvalue weighted by Gasteiger charge is -2.15. The van der Waals surface area contributed by atoms with Gasteiger partial charge in [0.15, 0.2) is 0 Å². The quantitative estimate of drug-likeness (QED) is 0.0385. The number of rotatable bonds is 41. The van der Waals surface area contributed by atoms with Crippen LogP contribution in [0.3, 0.4) is 0 Å². The van der Waals surface area contributed by atoms with E-state index in [1.54, 1.807) is 0 Å². The molecule has 0 aliphatic carbocycles. The maximum Gasteiger partial charge on any atom is 0.306 e. The van der Waals surface area contributed by atoms with Gasteiger partial charge in [-0.2, -0.15) is 0 Å². The maximum atomic E-state index is 12.2. The molecule has 0 aliphatic heterocycles. The molecule has 1 N–H and O–H groups in total. The summed E-state index contributed by atoms with van der Waals surface area (Å²) in [6.45, 7) is 5.03. The summed E-state index contributed by atoms with van der Waals surface area (Å²) in [4.78, 5) is 12.2. The highest BCUT2D eigenvalue weighted by Crippen LogP contribution is 2.15. The Morgan fingerprint density at radius 3 is 1.28 bits per heavy atom. The number of esters is 1. The van der Waals surface area contributed by atoms with Crippen LogP contribution in [0.4, 0.5) is 0 Å². The molecule has 4 nitrogen and oxygen atoms in total. The Kier molecular flexibility index (Phi) is 44.1. The van der Waals surface area contributed by atoms with E-state index in [1.807, 2.05) is 0 Å². The standard InChI is InChI=1S/C49H86O4/c1-3-5-7-9-11-13-15-17-19-21-22-23-24-25-26-27-28-29-30-32-34-36-38-40-42-44-49(51)53-48(46-50)47-52-45-43-41-39-37-35-33-31-20-18-16-14-12-10-8-6-4-2/h6,8,12,14,18,20-22,33,35,39,41,48,50H,3-5,7,9-11,13,15-17,19,23-32,34,36-38,40,42-47H2,1-2H3/b8-6-,14-12-,20-18-,22-21-,35-33-,41-39-. The molecule has 306 valence electrons. The molecule has 0 aliphatic rings. The average molecular weight is 739 g/mol. The smallest absolute Gasteiger partial charge is 0.306 e. The Bertz CT molecular complexity index is 911. The lowest BCUT2D eigenvalue weighted by Crippen LogP contribution is -2.27. The van der Waals surface area contributed by atoms with Gasteiger partial charge in [0.25, 0.3) is 0 Å². The van der Waals surface area contributed by atoms with Crippen molar-refractivity contribution in [1.82, 2.24) is 0 Å². The van der Waals surface area contributed by atoms with Gasteiger partial charge in [0, 0.05) is 6.42 Å². The molecule has 0 fully saturated rings. The minimum atomic E-state index is -0.577. The molecule has 1 atom stereocenters. The highest BCUT2D eigenvalue weighted by molar-refractivity contribution is 5.69. The SMILES string of the molecule is CC/C=C\C/C=C\C/C=C\C/C=C\C/C=C\CCOCC(CO)OC(=O)CCCCCCCCCCCCCCC/C=C\CCCCCCCCCC. The zero-order chi connectivity index (χ0) is 38.4. The monoisotopic (exact) mass is 739 g/mol. The Morgan fingerprint density at radius 1 is 0.472 bits per heavy atom. The fraction of sp³-hybridized carbons (Fsp3) is 0.735. The van der Waals surface area contributed by atoms with Crippen LogP contribution in [0.5, 0.6) is 0 Å². The van der Waals surface area contributed by atoms with Crippen molar-refractivity contribution in [3.05, 3.63) is 72.9 Å². The zero-order valence-corrected chi connectivity index (χ0v) is 35.0. The Hall–Kier alpha value is -2.17. The van der Waals surface area contributed by atoms with Crippen LogP contribution in [0.1, 0.15) is 206 Å². The van der Waals surface area contributed by atoms with Gasteiger partial charge in [0.05, 0.1) is 19.8 Å². The number of aliphatic hydroxyl groups excluding tert-OH is 1. The van der Waals surface area contributed by atoms with Crippen LogP contribution < -0.4 is 0 Å². The molecule has 0 aromatic carbocycles. The fourth-order valence-electron chi connectivity index (χ4n) is 6.21. The number of hydrogen-bond donors (Lipinski definition) is 1. The topological polar surface area (TPSA) is 55.8 Å². The first-order chi connectivity index (χ1) is 26.2. The van der Waals surface area contributed by atoms with E-state index in [-0.39, 0.29) is 19.2 Å². The average Bonchev–Trinajstić information content (AvgIpc) is 3.16. The summed E-state index contributed by atoms with van der Waals surface area (Å²) in [6, 6.07) is 0. The molecule has 0 spiro atoms. The van der Waals surface area contributed by atoms with Gasteiger partial charge in [-0.3, -0.25) is 4.79 Å². The van der Waals surface area contributed by atoms with E-state index in [9.17, 15) is 9.90 Å². The fourth-order valence-corrected chi connectivity index (χ4v) is 6.21. The van der Waals surface area contributed by atoms with Gasteiger partial charge in [-0.15, -0.1) is 0 Å². The van der Waals surface area contributed by atoms with E-state index in [1.165, 1.54) is 135 Å². The van der Waals surface area contributed by atoms with E-state index in [0.29, 0.717) is 13.0 Å². The number of allylic oxidation sites excluding steroid dienone is 11. The Morgan fingerprint density at radius 2 is 0.849 bits per heavy atom. The third-order valence-electron chi connectivity index (χ3n) is 9.53. The van der Waals surface area contributed by atoms with Crippen molar-refractivity contribution in [2.45, 2.75) is 213 Å². The van der Waals surface area contributed by atoms with Gasteiger partial charge in [-0.1, -0.05) is 202 Å². The zero-order valence-electron chi connectivity index (χ0n) is 35.0. The first-order valence-corrected chi connectivity index (χ1v) is 22.5. The number of ether oxygens (including phenoxy) is 2. The molecule has 0 radical (unpaired) electrons. The van der Waals surface area contributed by atoms with Crippen LogP contribution in [0.2, 0.25) is 0 Å². The summed E-state index contributed by atoms with van der Waals surface area (Å²) in [7, 11) is 0. The van der Waals surface area contributed by atoms with Crippen LogP contribution in [-0.2, 0) is 14.3 Å². The summed E-state index contributed by atoms with van der Waals surface area (Å²) in [6.07, 6.45) is 62.8. The minimum absolute atomic E-state index is 0.204. The maximum absolute atomic E-state index is 12.2. The second-order valence-electron chi connectivity index (χ2n) is 14.7. The molecule has 0 amide bonds. The Labute approximate surface area is 329 Å². The lowest BCUT2D eigenvalue weighted by atomic mass is 10.0. The van der Waals surface area contributed by atoms with Crippen molar-refractivity contribution in [3.63, 3.8) is 0 Å². The summed E-state index contributed by atoms with van der Waals surface area (Å²) >= 11 is 0. The largest absolute Gasteiger partial charge is 0.457 e. The van der Waals surface area contributed by atoms with Crippen molar-refractivity contribution in [1.29, 1.82) is 0 Å². The number of hydrogen-bond acceptors (Lipinski definition) is 4. The lowest BCUT2D eigenvalue weighted by molar-refractivity contribution is -0.154. The first-order valence-electron chi connectivity index (χ1n) is 22.5. The van der Waals surface area contributed by atoms with Crippen LogP contribution in [0.15, 0.2) is 72.9 Å². The third-order valence-corrected chi connectivity index (χ3v) is 9.53. The highest BCUT2D eigenvalue weighted by atomic mass is 16.6. The molecule has 53 heavy (non-hydrogen) atoms. The van der Waals surface area contributed by atoms with E-state index < -0.39 is 6.10 Å². The molecule has 4 heteroatoms. The van der Waals surface area contributed by atoms with Crippen LogP contribution >= 0.6 is 0 Å². The number of aliphatic hydroxyl groups is 1. The number of unbranched alkanes of at least 4 members (excludes halogenated alkanes) is 21. The molecule has 0 rings (SSSR count). The summed E-state index contributed by atoms with van der Waals surface area (Å²) in [5.41, 5.74) is 0. The summed E-state index contributed by atoms with van der Waals surface area (Å²) < 4.78 is 11.1. The van der Waals surface area contributed by atoms with Crippen molar-refractivity contribution in [2.24, 2.45) is 0 Å². The third kappa shape index (κ3) is 44.1. The van der Waals surface area contributed by atoms with Gasteiger partial charge in [0.2, 0.25) is 0 Å². The van der Waals surface area contributed by atoms with Gasteiger partial charge in [0.1, 0.15) is 6.10 Å². The molecule has 0 saturated heterocycles. The molecule has 0 aromatic rings. The normalized spacial score (nSPS) is 13.0. The number of carbonyl (C=O) groups is 1. The van der Waals surface area contributed by atoms with Gasteiger partial charge < -0.3 is 14.6 Å². The highest BCUT2D eigenvalue weighted by Gasteiger charge is 2.13. The second kappa shape index (κ2) is 46.0. The second-order valence-corrected chi connectivity index (χ2v) is 14.7.